The number of carbonyl (C=O) groups is 5. The lowest BCUT2D eigenvalue weighted by Crippen LogP contribution is -2.17. The number of aryl methyl sites for hydroxylation is 4. The van der Waals surface area contributed by atoms with E-state index in [4.69, 9.17) is 24.0 Å². The third-order valence-corrected chi connectivity index (χ3v) is 9.89. The van der Waals surface area contributed by atoms with Crippen LogP contribution in [0.1, 0.15) is 112 Å². The van der Waals surface area contributed by atoms with Gasteiger partial charge in [-0.1, -0.05) is 37.3 Å². The SMILES string of the molecule is CCc1nc(C)oc1C(=O)N=c1sc2cc(C(N)=O)cnc2n1C/C=C/Cn1c(NC)nc2cc(C=O)cc(OCCCC=O)c21.CCc1nc(C)oc1C=O.CN.COC(C)(C)C. The average molecular weight is 903 g/mol. The molecule has 1 aromatic carbocycles. The number of allylic oxidation sites excluding steroid dienone is 2. The Bertz CT molecular complexity index is 2630. The molecule has 5 N–H and O–H groups in total. The van der Waals surface area contributed by atoms with Crippen molar-refractivity contribution in [1.82, 2.24) is 29.1 Å². The molecule has 5 heterocycles. The summed E-state index contributed by atoms with van der Waals surface area (Å²) >= 11 is 1.20. The summed E-state index contributed by atoms with van der Waals surface area (Å²) in [6.07, 6.45) is 9.61. The van der Waals surface area contributed by atoms with E-state index in [-0.39, 0.29) is 23.5 Å². The van der Waals surface area contributed by atoms with Gasteiger partial charge in [0, 0.05) is 59.3 Å². The molecule has 64 heavy (non-hydrogen) atoms. The fourth-order valence-corrected chi connectivity index (χ4v) is 6.73. The number of pyridine rings is 1. The number of carbonyl (C=O) groups excluding carboxylic acids is 5. The molecule has 20 heteroatoms. The Kier molecular flexibility index (Phi) is 20.1. The number of benzene rings is 1. The number of thiazole rings is 1. The van der Waals surface area contributed by atoms with Crippen molar-refractivity contribution >= 4 is 69.3 Å². The molecule has 0 radical (unpaired) electrons. The van der Waals surface area contributed by atoms with Crippen LogP contribution in [-0.2, 0) is 35.5 Å². The van der Waals surface area contributed by atoms with E-state index < -0.39 is 11.8 Å². The molecule has 6 rings (SSSR count). The van der Waals surface area contributed by atoms with Gasteiger partial charge in [-0.3, -0.25) is 23.7 Å². The third-order valence-electron chi connectivity index (χ3n) is 8.88. The summed E-state index contributed by atoms with van der Waals surface area (Å²) in [6.45, 7) is 14.2. The Balaban J connectivity index is 0.000000506. The van der Waals surface area contributed by atoms with Crippen LogP contribution in [0.15, 0.2) is 50.4 Å². The second-order valence-electron chi connectivity index (χ2n) is 14.4. The summed E-state index contributed by atoms with van der Waals surface area (Å²) in [7, 11) is 4.96. The van der Waals surface area contributed by atoms with Crippen LogP contribution in [-0.4, -0.2) is 93.2 Å². The molecule has 2 amide bonds. The summed E-state index contributed by atoms with van der Waals surface area (Å²) in [5, 5.41) is 3.09. The maximum atomic E-state index is 13.2. The largest absolute Gasteiger partial charge is 0.491 e. The second kappa shape index (κ2) is 24.9. The van der Waals surface area contributed by atoms with Crippen LogP contribution in [0.2, 0.25) is 0 Å². The van der Waals surface area contributed by atoms with Crippen molar-refractivity contribution in [2.75, 3.05) is 33.1 Å². The van der Waals surface area contributed by atoms with E-state index in [1.165, 1.54) is 24.6 Å². The van der Waals surface area contributed by atoms with E-state index in [2.05, 4.69) is 36.0 Å². The third kappa shape index (κ3) is 13.9. The number of primary amides is 1. The molecular weight excluding hydrogens is 845 g/mol. The van der Waals surface area contributed by atoms with Gasteiger partial charge < -0.3 is 44.5 Å². The minimum atomic E-state index is -0.617. The molecule has 0 spiro atoms. The minimum absolute atomic E-state index is 0.0417. The number of hydrogen-bond acceptors (Lipinski definition) is 16. The first-order valence-corrected chi connectivity index (χ1v) is 21.2. The van der Waals surface area contributed by atoms with E-state index in [1.807, 2.05) is 51.3 Å². The van der Waals surface area contributed by atoms with Gasteiger partial charge in [-0.05, 0) is 65.3 Å². The topological polar surface area (TPSA) is 268 Å². The van der Waals surface area contributed by atoms with E-state index in [1.54, 1.807) is 50.8 Å². The van der Waals surface area contributed by atoms with Gasteiger partial charge in [0.1, 0.15) is 23.8 Å². The van der Waals surface area contributed by atoms with Crippen molar-refractivity contribution in [3.8, 4) is 5.75 Å². The maximum Gasteiger partial charge on any atom is 0.317 e. The summed E-state index contributed by atoms with van der Waals surface area (Å²) in [5.41, 5.74) is 13.7. The number of methoxy groups -OCH3 is 1. The first kappa shape index (κ1) is 51.7. The lowest BCUT2D eigenvalue weighted by Gasteiger charge is -2.14. The Morgan fingerprint density at radius 3 is 2.14 bits per heavy atom. The molecule has 0 bridgehead atoms. The van der Waals surface area contributed by atoms with Gasteiger partial charge in [0.15, 0.2) is 34.3 Å². The summed E-state index contributed by atoms with van der Waals surface area (Å²) in [5.74, 6) is 1.22. The van der Waals surface area contributed by atoms with Crippen molar-refractivity contribution in [3.63, 3.8) is 0 Å². The number of ether oxygens (including phenoxy) is 2. The van der Waals surface area contributed by atoms with Crippen LogP contribution >= 0.6 is 11.3 Å². The van der Waals surface area contributed by atoms with Crippen LogP contribution in [0.4, 0.5) is 5.95 Å². The highest BCUT2D eigenvalue weighted by Gasteiger charge is 2.20. The predicted octanol–water partition coefficient (Wildman–Crippen LogP) is 5.98. The number of nitrogens with zero attached hydrogens (tertiary/aromatic N) is 7. The smallest absolute Gasteiger partial charge is 0.317 e. The van der Waals surface area contributed by atoms with Gasteiger partial charge in [0.05, 0.1) is 39.4 Å². The second-order valence-corrected chi connectivity index (χ2v) is 15.5. The molecule has 0 saturated carbocycles. The van der Waals surface area contributed by atoms with Gasteiger partial charge in [0.2, 0.25) is 17.6 Å². The lowest BCUT2D eigenvalue weighted by atomic mass is 10.2. The zero-order chi connectivity index (χ0) is 47.6. The first-order chi connectivity index (χ1) is 30.6. The Labute approximate surface area is 375 Å². The van der Waals surface area contributed by atoms with Gasteiger partial charge >= 0.3 is 5.91 Å². The van der Waals surface area contributed by atoms with Crippen LogP contribution in [0.5, 0.6) is 5.75 Å². The number of rotatable bonds is 16. The van der Waals surface area contributed by atoms with Gasteiger partial charge in [-0.2, -0.15) is 4.99 Å². The number of amides is 2. The highest BCUT2D eigenvalue weighted by Crippen LogP contribution is 2.31. The van der Waals surface area contributed by atoms with Crippen molar-refractivity contribution in [2.24, 2.45) is 16.5 Å². The van der Waals surface area contributed by atoms with E-state index in [9.17, 15) is 24.0 Å². The highest BCUT2D eigenvalue weighted by atomic mass is 32.1. The van der Waals surface area contributed by atoms with Crippen LogP contribution in [0, 0.1) is 13.8 Å². The molecule has 0 aliphatic carbocycles. The maximum absolute atomic E-state index is 13.2. The average Bonchev–Trinajstić information content (AvgIpc) is 4.05. The number of nitrogens with two attached hydrogens (primary N) is 2. The molecule has 0 atom stereocenters. The number of oxazole rings is 2. The van der Waals surface area contributed by atoms with E-state index in [0.717, 1.165) is 24.7 Å². The van der Waals surface area contributed by atoms with E-state index >= 15 is 0 Å². The zero-order valence-corrected chi connectivity index (χ0v) is 38.8. The Hall–Kier alpha value is -6.64. The number of imidazole rings is 1. The standard InChI is InChI=1S/C31H32N8O6S.C7H9NO2.C5H12O.CH5N/c1-4-21-26(45-18(2)35-21)29(43)37-31-39(28-24(46-31)15-20(16-34-28)27(32)42)10-6-5-9-38-25-22(36-30(38)33-3)13-19(17-41)14-23(25)44-12-8-7-11-40;1-3-6-7(4-9)10-5(2)8-6;1-5(2,3)6-4;1-2/h5-6,11,13-17H,4,7-10,12H2,1-3H3,(H2,32,42)(H,33,36);4H,3H2,1-2H3;1-4H3;2H2,1H3/b6-5+,37-31?;;;. The first-order valence-electron chi connectivity index (χ1n) is 20.4. The number of anilines is 1. The molecule has 0 unspecified atom stereocenters. The van der Waals surface area contributed by atoms with Gasteiger partial charge in [-0.15, -0.1) is 0 Å². The number of fused-ring (bicyclic) bond motifs is 2. The quantitative estimate of drug-likeness (QED) is 0.0573. The number of aromatic nitrogens is 6. The molecule has 5 aromatic heterocycles. The summed E-state index contributed by atoms with van der Waals surface area (Å²) in [6, 6.07) is 4.96. The zero-order valence-electron chi connectivity index (χ0n) is 38.0. The molecule has 6 aromatic rings. The van der Waals surface area contributed by atoms with Gasteiger partial charge in [-0.25, -0.2) is 19.9 Å². The van der Waals surface area contributed by atoms with Crippen LogP contribution in [0.3, 0.4) is 0 Å². The van der Waals surface area contributed by atoms with Crippen LogP contribution < -0.4 is 26.3 Å². The number of hydrogen-bond donors (Lipinski definition) is 3. The van der Waals surface area contributed by atoms with E-state index in [0.29, 0.717) is 105 Å². The number of aldehydes is 3. The van der Waals surface area contributed by atoms with Crippen molar-refractivity contribution in [2.45, 2.75) is 92.8 Å². The molecule has 344 valence electrons. The summed E-state index contributed by atoms with van der Waals surface area (Å²) in [4.78, 5) is 79.7. The predicted molar refractivity (Wildman–Crippen MR) is 244 cm³/mol. The molecule has 0 aliphatic rings. The fourth-order valence-electron chi connectivity index (χ4n) is 5.69. The lowest BCUT2D eigenvalue weighted by molar-refractivity contribution is -0.108. The molecule has 19 nitrogen and oxygen atoms in total. The monoisotopic (exact) mass is 902 g/mol. The molecular formula is C44H58N10O9S. The Morgan fingerprint density at radius 1 is 0.938 bits per heavy atom. The fraction of sp³-hybridized carbons (Fsp3) is 0.409. The minimum Gasteiger partial charge on any atom is -0.491 e. The summed E-state index contributed by atoms with van der Waals surface area (Å²) < 4.78 is 25.7. The Morgan fingerprint density at radius 2 is 1.58 bits per heavy atom. The molecule has 0 aliphatic heterocycles. The number of nitrogens with one attached hydrogen (secondary N) is 1. The van der Waals surface area contributed by atoms with Crippen molar-refractivity contribution in [3.05, 3.63) is 87.2 Å². The normalized spacial score (nSPS) is 11.3. The highest BCUT2D eigenvalue weighted by molar-refractivity contribution is 7.16. The van der Waals surface area contributed by atoms with Gasteiger partial charge in [0.25, 0.3) is 0 Å². The molecule has 0 saturated heterocycles. The van der Waals surface area contributed by atoms with Crippen molar-refractivity contribution in [1.29, 1.82) is 0 Å². The van der Waals surface area contributed by atoms with Crippen molar-refractivity contribution < 1.29 is 42.3 Å². The van der Waals surface area contributed by atoms with Crippen LogP contribution in [0.25, 0.3) is 21.4 Å². The number of unbranched alkanes of at least 4 members (excludes halogenated alkanes) is 1. The molecule has 0 fully saturated rings.